The minimum absolute atomic E-state index is 0.842. The van der Waals surface area contributed by atoms with Crippen molar-refractivity contribution in [2.75, 3.05) is 0 Å². The van der Waals surface area contributed by atoms with E-state index in [2.05, 4.69) is 41.5 Å². The molecule has 0 aromatic rings. The van der Waals surface area contributed by atoms with Crippen molar-refractivity contribution < 1.29 is 0 Å². The standard InChI is InChI=1S/C13H28/c1-10(2)8-7-9-12(5)13(6)11(3)4/h10-13H,7-9H2,1-6H3. The van der Waals surface area contributed by atoms with E-state index >= 15 is 0 Å². The maximum Gasteiger partial charge on any atom is -0.0394 e. The highest BCUT2D eigenvalue weighted by Gasteiger charge is 2.15. The Kier molecular flexibility index (Phi) is 6.45. The smallest absolute Gasteiger partial charge is 0.0394 e. The largest absolute Gasteiger partial charge is 0.0628 e. The summed E-state index contributed by atoms with van der Waals surface area (Å²) in [5, 5.41) is 0. The molecule has 0 spiro atoms. The highest BCUT2D eigenvalue weighted by molar-refractivity contribution is 4.65. The van der Waals surface area contributed by atoms with Crippen LogP contribution in [-0.4, -0.2) is 0 Å². The molecule has 0 nitrogen and oxygen atoms in total. The fourth-order valence-electron chi connectivity index (χ4n) is 1.77. The van der Waals surface area contributed by atoms with Crippen molar-refractivity contribution in [3.8, 4) is 0 Å². The van der Waals surface area contributed by atoms with Gasteiger partial charge in [-0.3, -0.25) is 0 Å². The van der Waals surface area contributed by atoms with E-state index in [0.717, 1.165) is 23.7 Å². The molecule has 2 unspecified atom stereocenters. The molecule has 0 bridgehead atoms. The molecule has 0 aliphatic carbocycles. The normalized spacial score (nSPS) is 16.6. The molecule has 0 heterocycles. The summed E-state index contributed by atoms with van der Waals surface area (Å²) in [6.07, 6.45) is 4.22. The van der Waals surface area contributed by atoms with Gasteiger partial charge in [-0.05, 0) is 23.7 Å². The molecule has 0 aromatic carbocycles. The summed E-state index contributed by atoms with van der Waals surface area (Å²) in [7, 11) is 0. The molecule has 0 radical (unpaired) electrons. The molecule has 0 fully saturated rings. The third-order valence-corrected chi connectivity index (χ3v) is 3.39. The maximum absolute atomic E-state index is 2.41. The van der Waals surface area contributed by atoms with Gasteiger partial charge in [-0.25, -0.2) is 0 Å². The molecule has 80 valence electrons. The first-order valence-electron chi connectivity index (χ1n) is 5.95. The van der Waals surface area contributed by atoms with E-state index in [1.807, 2.05) is 0 Å². The summed E-state index contributed by atoms with van der Waals surface area (Å²) in [5.41, 5.74) is 0. The molecule has 0 aromatic heterocycles. The first kappa shape index (κ1) is 13.0. The molecule has 13 heavy (non-hydrogen) atoms. The van der Waals surface area contributed by atoms with Gasteiger partial charge in [0.2, 0.25) is 0 Å². The summed E-state index contributed by atoms with van der Waals surface area (Å²) in [6, 6.07) is 0. The van der Waals surface area contributed by atoms with E-state index in [-0.39, 0.29) is 0 Å². The molecule has 0 rings (SSSR count). The SMILES string of the molecule is CC(C)CCCC(C)C(C)C(C)C. The summed E-state index contributed by atoms with van der Waals surface area (Å²) >= 11 is 0. The van der Waals surface area contributed by atoms with Gasteiger partial charge in [-0.2, -0.15) is 0 Å². The molecular weight excluding hydrogens is 156 g/mol. The van der Waals surface area contributed by atoms with Gasteiger partial charge >= 0.3 is 0 Å². The Morgan fingerprint density at radius 3 is 1.69 bits per heavy atom. The zero-order valence-corrected chi connectivity index (χ0v) is 10.4. The van der Waals surface area contributed by atoms with Gasteiger partial charge in [0.25, 0.3) is 0 Å². The quantitative estimate of drug-likeness (QED) is 0.559. The highest BCUT2D eigenvalue weighted by atomic mass is 14.2. The first-order valence-corrected chi connectivity index (χ1v) is 5.95. The van der Waals surface area contributed by atoms with E-state index in [1.54, 1.807) is 0 Å². The first-order chi connectivity index (χ1) is 5.95. The Hall–Kier alpha value is 0. The lowest BCUT2D eigenvalue weighted by atomic mass is 9.83. The second kappa shape index (κ2) is 6.45. The predicted molar refractivity (Wildman–Crippen MR) is 61.9 cm³/mol. The van der Waals surface area contributed by atoms with E-state index in [1.165, 1.54) is 19.3 Å². The zero-order valence-electron chi connectivity index (χ0n) is 10.4. The number of hydrogen-bond donors (Lipinski definition) is 0. The summed E-state index contributed by atoms with van der Waals surface area (Å²) in [6.45, 7) is 14.1. The molecule has 0 aliphatic heterocycles. The van der Waals surface area contributed by atoms with Crippen LogP contribution in [0.15, 0.2) is 0 Å². The van der Waals surface area contributed by atoms with Crippen LogP contribution in [0.5, 0.6) is 0 Å². The molecular formula is C13H28. The zero-order chi connectivity index (χ0) is 10.4. The van der Waals surface area contributed by atoms with Gasteiger partial charge in [0.05, 0.1) is 0 Å². The third-order valence-electron chi connectivity index (χ3n) is 3.39. The van der Waals surface area contributed by atoms with E-state index < -0.39 is 0 Å². The van der Waals surface area contributed by atoms with Gasteiger partial charge in [-0.1, -0.05) is 60.8 Å². The van der Waals surface area contributed by atoms with E-state index in [4.69, 9.17) is 0 Å². The Bertz CT molecular complexity index is 113. The average Bonchev–Trinajstić information content (AvgIpc) is 2.02. The Balaban J connectivity index is 3.55. The second-order valence-electron chi connectivity index (χ2n) is 5.41. The monoisotopic (exact) mass is 184 g/mol. The van der Waals surface area contributed by atoms with Crippen LogP contribution in [0.1, 0.15) is 60.8 Å². The molecule has 0 amide bonds. The summed E-state index contributed by atoms with van der Waals surface area (Å²) in [4.78, 5) is 0. The second-order valence-corrected chi connectivity index (χ2v) is 5.41. The van der Waals surface area contributed by atoms with Crippen molar-refractivity contribution in [2.45, 2.75) is 60.8 Å². The minimum atomic E-state index is 0.842. The Morgan fingerprint density at radius 1 is 0.769 bits per heavy atom. The highest BCUT2D eigenvalue weighted by Crippen LogP contribution is 2.25. The molecule has 0 N–H and O–H groups in total. The van der Waals surface area contributed by atoms with Crippen molar-refractivity contribution in [3.63, 3.8) is 0 Å². The van der Waals surface area contributed by atoms with Crippen LogP contribution in [0.2, 0.25) is 0 Å². The van der Waals surface area contributed by atoms with Crippen molar-refractivity contribution >= 4 is 0 Å². The maximum atomic E-state index is 2.41. The third kappa shape index (κ3) is 6.12. The van der Waals surface area contributed by atoms with Crippen LogP contribution in [-0.2, 0) is 0 Å². The minimum Gasteiger partial charge on any atom is -0.0628 e. The van der Waals surface area contributed by atoms with Crippen LogP contribution in [0.25, 0.3) is 0 Å². The summed E-state index contributed by atoms with van der Waals surface area (Å²) < 4.78 is 0. The molecule has 0 heteroatoms. The fourth-order valence-corrected chi connectivity index (χ4v) is 1.77. The lowest BCUT2D eigenvalue weighted by molar-refractivity contribution is 0.272. The number of hydrogen-bond acceptors (Lipinski definition) is 0. The van der Waals surface area contributed by atoms with Crippen LogP contribution in [0.3, 0.4) is 0 Å². The Morgan fingerprint density at radius 2 is 1.31 bits per heavy atom. The van der Waals surface area contributed by atoms with Gasteiger partial charge < -0.3 is 0 Å². The Labute approximate surface area is 85.1 Å². The van der Waals surface area contributed by atoms with Gasteiger partial charge in [0, 0.05) is 0 Å². The van der Waals surface area contributed by atoms with Crippen LogP contribution < -0.4 is 0 Å². The van der Waals surface area contributed by atoms with Gasteiger partial charge in [-0.15, -0.1) is 0 Å². The molecule has 0 saturated heterocycles. The average molecular weight is 184 g/mol. The lowest BCUT2D eigenvalue weighted by Gasteiger charge is -2.23. The van der Waals surface area contributed by atoms with E-state index in [9.17, 15) is 0 Å². The van der Waals surface area contributed by atoms with Crippen molar-refractivity contribution in [1.82, 2.24) is 0 Å². The fraction of sp³-hybridized carbons (Fsp3) is 1.00. The summed E-state index contributed by atoms with van der Waals surface area (Å²) in [5.74, 6) is 3.50. The van der Waals surface area contributed by atoms with Crippen molar-refractivity contribution in [3.05, 3.63) is 0 Å². The van der Waals surface area contributed by atoms with Crippen molar-refractivity contribution in [1.29, 1.82) is 0 Å². The van der Waals surface area contributed by atoms with Gasteiger partial charge in [0.15, 0.2) is 0 Å². The van der Waals surface area contributed by atoms with Crippen LogP contribution in [0, 0.1) is 23.7 Å². The molecule has 0 aliphatic rings. The predicted octanol–water partition coefficient (Wildman–Crippen LogP) is 4.74. The van der Waals surface area contributed by atoms with E-state index in [0.29, 0.717) is 0 Å². The van der Waals surface area contributed by atoms with Crippen LogP contribution >= 0.6 is 0 Å². The van der Waals surface area contributed by atoms with Gasteiger partial charge in [0.1, 0.15) is 0 Å². The lowest BCUT2D eigenvalue weighted by Crippen LogP contribution is -2.14. The molecule has 0 saturated carbocycles. The van der Waals surface area contributed by atoms with Crippen LogP contribution in [0.4, 0.5) is 0 Å². The van der Waals surface area contributed by atoms with Crippen molar-refractivity contribution in [2.24, 2.45) is 23.7 Å². The molecule has 2 atom stereocenters. The topological polar surface area (TPSA) is 0 Å². The number of rotatable bonds is 6.